The molecule has 0 spiro atoms. The zero-order chi connectivity index (χ0) is 16.5. The molecule has 0 unspecified atom stereocenters. The highest BCUT2D eigenvalue weighted by atomic mass is 35.5. The van der Waals surface area contributed by atoms with Crippen molar-refractivity contribution >= 4 is 18.4 Å². The lowest BCUT2D eigenvalue weighted by molar-refractivity contribution is 0.0600. The average molecular weight is 352 g/mol. The third-order valence-corrected chi connectivity index (χ3v) is 3.76. The number of methoxy groups -OCH3 is 1. The second kappa shape index (κ2) is 10.9. The maximum atomic E-state index is 11.4. The van der Waals surface area contributed by atoms with Gasteiger partial charge in [-0.05, 0) is 37.2 Å². The maximum absolute atomic E-state index is 11.4. The Morgan fingerprint density at radius 1 is 1.08 bits per heavy atom. The molecular formula is C19H26ClNO3. The molecule has 1 aromatic heterocycles. The molecule has 1 N–H and O–H groups in total. The number of unbranched alkanes of at least 4 members (excludes halogenated alkanes) is 3. The second-order valence-corrected chi connectivity index (χ2v) is 5.57. The van der Waals surface area contributed by atoms with Crippen LogP contribution in [-0.4, -0.2) is 19.6 Å². The maximum Gasteiger partial charge on any atom is 0.337 e. The van der Waals surface area contributed by atoms with Gasteiger partial charge in [-0.25, -0.2) is 4.79 Å². The number of esters is 1. The van der Waals surface area contributed by atoms with E-state index in [2.05, 4.69) is 12.2 Å². The molecule has 2 rings (SSSR count). The first-order valence-electron chi connectivity index (χ1n) is 8.22. The van der Waals surface area contributed by atoms with Crippen molar-refractivity contribution in [3.05, 3.63) is 47.7 Å². The lowest BCUT2D eigenvalue weighted by Gasteiger charge is -2.03. The Bertz CT molecular complexity index is 607. The molecule has 1 aromatic carbocycles. The summed E-state index contributed by atoms with van der Waals surface area (Å²) in [4.78, 5) is 11.4. The molecule has 0 radical (unpaired) electrons. The minimum atomic E-state index is -0.330. The summed E-state index contributed by atoms with van der Waals surface area (Å²) in [6.45, 7) is 3.98. The Hall–Kier alpha value is -1.78. The fraction of sp³-hybridized carbons (Fsp3) is 0.421. The van der Waals surface area contributed by atoms with Crippen LogP contribution < -0.4 is 5.32 Å². The summed E-state index contributed by atoms with van der Waals surface area (Å²) in [6.07, 6.45) is 5.04. The van der Waals surface area contributed by atoms with E-state index in [9.17, 15) is 4.79 Å². The Morgan fingerprint density at radius 3 is 2.50 bits per heavy atom. The summed E-state index contributed by atoms with van der Waals surface area (Å²) in [5.74, 6) is 1.40. The molecule has 0 saturated carbocycles. The molecular weight excluding hydrogens is 326 g/mol. The van der Waals surface area contributed by atoms with Crippen molar-refractivity contribution in [3.63, 3.8) is 0 Å². The second-order valence-electron chi connectivity index (χ2n) is 5.57. The number of ether oxygens (including phenoxy) is 1. The smallest absolute Gasteiger partial charge is 0.337 e. The number of nitrogens with one attached hydrogen (secondary N) is 1. The lowest BCUT2D eigenvalue weighted by Crippen LogP contribution is -2.14. The van der Waals surface area contributed by atoms with Crippen LogP contribution in [0.15, 0.2) is 40.8 Å². The molecule has 1 heterocycles. The molecule has 0 fully saturated rings. The SMILES string of the molecule is CCCCCCNCc1ccc(-c2ccc(C(=O)OC)cc2)o1.Cl. The minimum Gasteiger partial charge on any atom is -0.465 e. The van der Waals surface area contributed by atoms with Crippen LogP contribution in [0.2, 0.25) is 0 Å². The van der Waals surface area contributed by atoms with Crippen molar-refractivity contribution in [2.24, 2.45) is 0 Å². The normalized spacial score (nSPS) is 10.2. The van der Waals surface area contributed by atoms with Crippen LogP contribution >= 0.6 is 12.4 Å². The Morgan fingerprint density at radius 2 is 1.83 bits per heavy atom. The summed E-state index contributed by atoms with van der Waals surface area (Å²) in [6, 6.07) is 11.2. The van der Waals surface area contributed by atoms with Crippen molar-refractivity contribution in [3.8, 4) is 11.3 Å². The molecule has 0 aliphatic carbocycles. The highest BCUT2D eigenvalue weighted by molar-refractivity contribution is 5.89. The summed E-state index contributed by atoms with van der Waals surface area (Å²) in [5, 5.41) is 3.40. The van der Waals surface area contributed by atoms with Gasteiger partial charge in [0.15, 0.2) is 0 Å². The van der Waals surface area contributed by atoms with Crippen LogP contribution in [0.25, 0.3) is 11.3 Å². The van der Waals surface area contributed by atoms with Gasteiger partial charge in [-0.3, -0.25) is 0 Å². The van der Waals surface area contributed by atoms with E-state index in [-0.39, 0.29) is 18.4 Å². The molecule has 5 heteroatoms. The van der Waals surface area contributed by atoms with E-state index < -0.39 is 0 Å². The van der Waals surface area contributed by atoms with Gasteiger partial charge in [-0.1, -0.05) is 38.3 Å². The van der Waals surface area contributed by atoms with Crippen molar-refractivity contribution in [2.45, 2.75) is 39.2 Å². The molecule has 0 bridgehead atoms. The zero-order valence-corrected chi connectivity index (χ0v) is 15.2. The standard InChI is InChI=1S/C19H25NO3.ClH/c1-3-4-5-6-13-20-14-17-11-12-18(23-17)15-7-9-16(10-8-15)19(21)22-2;/h7-12,20H,3-6,13-14H2,1-2H3;1H. The number of hydrogen-bond donors (Lipinski definition) is 1. The van der Waals surface area contributed by atoms with Crippen LogP contribution in [0.4, 0.5) is 0 Å². The largest absolute Gasteiger partial charge is 0.465 e. The first kappa shape index (κ1) is 20.3. The van der Waals surface area contributed by atoms with Gasteiger partial charge in [0, 0.05) is 5.56 Å². The number of hydrogen-bond acceptors (Lipinski definition) is 4. The van der Waals surface area contributed by atoms with Crippen LogP contribution in [-0.2, 0) is 11.3 Å². The molecule has 4 nitrogen and oxygen atoms in total. The molecule has 0 aliphatic rings. The number of benzene rings is 1. The highest BCUT2D eigenvalue weighted by Crippen LogP contribution is 2.22. The fourth-order valence-corrected chi connectivity index (χ4v) is 2.40. The van der Waals surface area contributed by atoms with Gasteiger partial charge in [0.25, 0.3) is 0 Å². The van der Waals surface area contributed by atoms with Crippen molar-refractivity contribution in [2.75, 3.05) is 13.7 Å². The first-order chi connectivity index (χ1) is 11.2. The van der Waals surface area contributed by atoms with Gasteiger partial charge in [-0.2, -0.15) is 0 Å². The van der Waals surface area contributed by atoms with Crippen LogP contribution in [0.3, 0.4) is 0 Å². The Labute approximate surface area is 150 Å². The molecule has 0 atom stereocenters. The monoisotopic (exact) mass is 351 g/mol. The number of halogens is 1. The predicted molar refractivity (Wildman–Crippen MR) is 98.6 cm³/mol. The van der Waals surface area contributed by atoms with E-state index in [0.29, 0.717) is 5.56 Å². The van der Waals surface area contributed by atoms with Crippen LogP contribution in [0.1, 0.15) is 48.7 Å². The molecule has 0 amide bonds. The molecule has 0 aliphatic heterocycles. The minimum absolute atomic E-state index is 0. The average Bonchev–Trinajstić information content (AvgIpc) is 3.06. The van der Waals surface area contributed by atoms with Gasteiger partial charge in [0.2, 0.25) is 0 Å². The third kappa shape index (κ3) is 6.02. The molecule has 2 aromatic rings. The van der Waals surface area contributed by atoms with Gasteiger partial charge >= 0.3 is 5.97 Å². The van der Waals surface area contributed by atoms with Crippen molar-refractivity contribution < 1.29 is 13.9 Å². The van der Waals surface area contributed by atoms with Gasteiger partial charge in [0.1, 0.15) is 11.5 Å². The van der Waals surface area contributed by atoms with Gasteiger partial charge < -0.3 is 14.5 Å². The molecule has 24 heavy (non-hydrogen) atoms. The van der Waals surface area contributed by atoms with Gasteiger partial charge in [-0.15, -0.1) is 12.4 Å². The van der Waals surface area contributed by atoms with E-state index in [1.807, 2.05) is 24.3 Å². The summed E-state index contributed by atoms with van der Waals surface area (Å²) in [7, 11) is 1.38. The first-order valence-corrected chi connectivity index (χ1v) is 8.22. The summed E-state index contributed by atoms with van der Waals surface area (Å²) >= 11 is 0. The van der Waals surface area contributed by atoms with E-state index in [1.165, 1.54) is 32.8 Å². The molecule has 0 saturated heterocycles. The van der Waals surface area contributed by atoms with Crippen molar-refractivity contribution in [1.82, 2.24) is 5.32 Å². The third-order valence-electron chi connectivity index (χ3n) is 3.76. The van der Waals surface area contributed by atoms with E-state index in [1.54, 1.807) is 12.1 Å². The summed E-state index contributed by atoms with van der Waals surface area (Å²) < 4.78 is 10.5. The number of carbonyl (C=O) groups is 1. The lowest BCUT2D eigenvalue weighted by atomic mass is 10.1. The zero-order valence-electron chi connectivity index (χ0n) is 14.3. The quantitative estimate of drug-likeness (QED) is 0.519. The van der Waals surface area contributed by atoms with Gasteiger partial charge in [0.05, 0.1) is 19.2 Å². The predicted octanol–water partition coefficient (Wildman–Crippen LogP) is 4.82. The molecule has 132 valence electrons. The van der Waals surface area contributed by atoms with Crippen molar-refractivity contribution in [1.29, 1.82) is 0 Å². The number of furan rings is 1. The summed E-state index contributed by atoms with van der Waals surface area (Å²) in [5.41, 5.74) is 1.49. The van der Waals surface area contributed by atoms with E-state index in [0.717, 1.165) is 30.2 Å². The van der Waals surface area contributed by atoms with Crippen LogP contribution in [0, 0.1) is 0 Å². The van der Waals surface area contributed by atoms with E-state index >= 15 is 0 Å². The van der Waals surface area contributed by atoms with E-state index in [4.69, 9.17) is 9.15 Å². The Balaban J connectivity index is 0.00000288. The topological polar surface area (TPSA) is 51.5 Å². The number of rotatable bonds is 9. The van der Waals surface area contributed by atoms with Crippen LogP contribution in [0.5, 0.6) is 0 Å². The fourth-order valence-electron chi connectivity index (χ4n) is 2.40. The number of carbonyl (C=O) groups excluding carboxylic acids is 1. The Kier molecular flexibility index (Phi) is 9.20. The highest BCUT2D eigenvalue weighted by Gasteiger charge is 2.08.